The Bertz CT molecular complexity index is 786. The lowest BCUT2D eigenvalue weighted by atomic mass is 10.1. The van der Waals surface area contributed by atoms with Crippen LogP contribution in [-0.2, 0) is 7.05 Å². The van der Waals surface area contributed by atoms with Gasteiger partial charge >= 0.3 is 12.1 Å². The lowest BCUT2D eigenvalue weighted by Crippen LogP contribution is -2.42. The number of nitrogens with zero attached hydrogens (tertiary/aromatic N) is 3. The van der Waals surface area contributed by atoms with Crippen molar-refractivity contribution in [3.8, 4) is 5.88 Å². The number of allylic oxidation sites excluding steroid dienone is 1. The summed E-state index contributed by atoms with van der Waals surface area (Å²) in [6, 6.07) is 0.833. The molecule has 1 aromatic rings. The highest BCUT2D eigenvalue weighted by molar-refractivity contribution is 8.04. The second kappa shape index (κ2) is 7.77. The van der Waals surface area contributed by atoms with Crippen molar-refractivity contribution in [3.05, 3.63) is 33.0 Å². The third-order valence-corrected chi connectivity index (χ3v) is 4.32. The Morgan fingerprint density at radius 2 is 2.00 bits per heavy atom. The maximum absolute atomic E-state index is 13.0. The minimum atomic E-state index is -5.74. The molecule has 0 aromatic carbocycles. The molecule has 0 atom stereocenters. The lowest BCUT2D eigenvalue weighted by Gasteiger charge is -2.20. The van der Waals surface area contributed by atoms with E-state index < -0.39 is 30.0 Å². The highest BCUT2D eigenvalue weighted by Gasteiger charge is 2.58. The fraction of sp³-hybridized carbons (Fsp3) is 0.533. The third kappa shape index (κ3) is 4.43. The van der Waals surface area contributed by atoms with E-state index in [2.05, 4.69) is 14.8 Å². The van der Waals surface area contributed by atoms with Gasteiger partial charge in [0.25, 0.3) is 0 Å². The molecule has 26 heavy (non-hydrogen) atoms. The van der Waals surface area contributed by atoms with Crippen molar-refractivity contribution in [1.29, 1.82) is 0 Å². The third-order valence-electron chi connectivity index (χ3n) is 3.36. The van der Waals surface area contributed by atoms with Crippen LogP contribution in [0.3, 0.4) is 0 Å². The van der Waals surface area contributed by atoms with E-state index in [0.717, 1.165) is 27.8 Å². The van der Waals surface area contributed by atoms with Crippen LogP contribution in [0.25, 0.3) is 0 Å². The number of rotatable bonds is 6. The van der Waals surface area contributed by atoms with E-state index in [-0.39, 0.29) is 5.69 Å². The lowest BCUT2D eigenvalue weighted by molar-refractivity contribution is -0.290. The van der Waals surface area contributed by atoms with Gasteiger partial charge in [0, 0.05) is 24.6 Å². The van der Waals surface area contributed by atoms with Gasteiger partial charge in [0.15, 0.2) is 12.3 Å². The van der Waals surface area contributed by atoms with Crippen LogP contribution in [0.4, 0.5) is 22.0 Å². The van der Waals surface area contributed by atoms with Crippen LogP contribution in [0, 0.1) is 0 Å². The van der Waals surface area contributed by atoms with Gasteiger partial charge in [-0.1, -0.05) is 13.0 Å². The number of ether oxygens (including phenoxy) is 1. The molecule has 0 saturated carbocycles. The summed E-state index contributed by atoms with van der Waals surface area (Å²) in [4.78, 5) is 17.3. The van der Waals surface area contributed by atoms with Gasteiger partial charge in [-0.3, -0.25) is 9.79 Å². The molecule has 0 saturated heterocycles. The zero-order valence-corrected chi connectivity index (χ0v) is 14.8. The Kier molecular flexibility index (Phi) is 6.09. The van der Waals surface area contributed by atoms with Gasteiger partial charge in [-0.05, 0) is 12.2 Å². The number of dihydropyridines is 1. The number of hydrogen-bond donors (Lipinski definition) is 0. The van der Waals surface area contributed by atoms with Crippen LogP contribution in [0.2, 0.25) is 0 Å². The molecule has 1 aliphatic heterocycles. The van der Waals surface area contributed by atoms with Gasteiger partial charge in [-0.15, -0.1) is 11.8 Å². The molecule has 2 heterocycles. The first-order valence-electron chi connectivity index (χ1n) is 7.60. The molecule has 0 radical (unpaired) electrons. The first kappa shape index (κ1) is 20.4. The summed E-state index contributed by atoms with van der Waals surface area (Å²) in [6.45, 7) is 0.466. The number of alkyl halides is 5. The maximum Gasteiger partial charge on any atom is 0.456 e. The highest BCUT2D eigenvalue weighted by Crippen LogP contribution is 2.35. The van der Waals surface area contributed by atoms with Gasteiger partial charge < -0.3 is 4.74 Å². The Balaban J connectivity index is 2.28. The van der Waals surface area contributed by atoms with Crippen molar-refractivity contribution in [2.24, 2.45) is 12.0 Å². The second-order valence-electron chi connectivity index (χ2n) is 5.33. The molecule has 11 heteroatoms. The van der Waals surface area contributed by atoms with Crippen LogP contribution in [0.5, 0.6) is 5.88 Å². The molecule has 0 unspecified atom stereocenters. The van der Waals surface area contributed by atoms with E-state index in [1.807, 2.05) is 13.0 Å². The second-order valence-corrected chi connectivity index (χ2v) is 6.64. The molecule has 1 aliphatic rings. The summed E-state index contributed by atoms with van der Waals surface area (Å²) in [5, 5.41) is 3.96. The van der Waals surface area contributed by atoms with E-state index in [1.165, 1.54) is 18.8 Å². The minimum Gasteiger partial charge on any atom is -0.471 e. The van der Waals surface area contributed by atoms with E-state index in [4.69, 9.17) is 0 Å². The molecule has 0 N–H and O–H groups in total. The molecular formula is C15H16F5N3O2S. The molecule has 0 aliphatic carbocycles. The van der Waals surface area contributed by atoms with Crippen molar-refractivity contribution in [3.63, 3.8) is 0 Å². The standard InChI is InChI=1S/C15H16F5N3O2S/c1-3-26-10-5-4-6-21-13(10)12-9(24)7-11(23(2)22-12)25-8-14(16,17)15(18,19)20/h5,7H,3-4,6,8H2,1-2H3. The monoisotopic (exact) mass is 397 g/mol. The average Bonchev–Trinajstić information content (AvgIpc) is 2.55. The molecule has 1 aromatic heterocycles. The SMILES string of the molecule is CCSC1=CCCN=C1c1nn(C)c(OCC(F)(F)C(F)(F)F)cc1=O. The summed E-state index contributed by atoms with van der Waals surface area (Å²) >= 11 is 1.48. The fourth-order valence-corrected chi connectivity index (χ4v) is 2.93. The topological polar surface area (TPSA) is 56.5 Å². The zero-order valence-electron chi connectivity index (χ0n) is 13.9. The van der Waals surface area contributed by atoms with Crippen LogP contribution in [0.1, 0.15) is 19.0 Å². The fourth-order valence-electron chi connectivity index (χ4n) is 2.09. The van der Waals surface area contributed by atoms with E-state index in [9.17, 15) is 26.7 Å². The van der Waals surface area contributed by atoms with Gasteiger partial charge in [-0.25, -0.2) is 4.68 Å². The maximum atomic E-state index is 13.0. The Hall–Kier alpha value is -1.91. The quantitative estimate of drug-likeness (QED) is 0.692. The summed E-state index contributed by atoms with van der Waals surface area (Å²) < 4.78 is 68.0. The van der Waals surface area contributed by atoms with Crippen molar-refractivity contribution in [2.45, 2.75) is 25.4 Å². The molecule has 5 nitrogen and oxygen atoms in total. The number of aryl methyl sites for hydroxylation is 1. The summed E-state index contributed by atoms with van der Waals surface area (Å²) in [5.74, 6) is -4.78. The van der Waals surface area contributed by atoms with Crippen LogP contribution in [-0.4, -0.2) is 46.5 Å². The van der Waals surface area contributed by atoms with Crippen molar-refractivity contribution in [2.75, 3.05) is 18.9 Å². The van der Waals surface area contributed by atoms with Crippen molar-refractivity contribution < 1.29 is 26.7 Å². The predicted octanol–water partition coefficient (Wildman–Crippen LogP) is 3.19. The number of thioether (sulfide) groups is 1. The zero-order chi connectivity index (χ0) is 19.5. The summed E-state index contributed by atoms with van der Waals surface area (Å²) in [6.07, 6.45) is -3.10. The number of halogens is 5. The Morgan fingerprint density at radius 3 is 2.62 bits per heavy atom. The molecule has 0 spiro atoms. The first-order chi connectivity index (χ1) is 12.1. The number of aromatic nitrogens is 2. The van der Waals surface area contributed by atoms with Crippen molar-refractivity contribution in [1.82, 2.24) is 9.78 Å². The Labute approximate surface area is 149 Å². The molecule has 0 amide bonds. The van der Waals surface area contributed by atoms with Crippen LogP contribution < -0.4 is 10.2 Å². The minimum absolute atomic E-state index is 0.00525. The molecule has 0 fully saturated rings. The number of aliphatic imine (C=N–C) groups is 1. The molecule has 0 bridgehead atoms. The Morgan fingerprint density at radius 1 is 1.31 bits per heavy atom. The van der Waals surface area contributed by atoms with Gasteiger partial charge in [0.05, 0.1) is 0 Å². The number of hydrogen-bond acceptors (Lipinski definition) is 5. The van der Waals surface area contributed by atoms with Crippen LogP contribution in [0.15, 0.2) is 26.8 Å². The summed E-state index contributed by atoms with van der Waals surface area (Å²) in [5.41, 5.74) is -0.290. The van der Waals surface area contributed by atoms with Gasteiger partial charge in [-0.2, -0.15) is 27.1 Å². The highest BCUT2D eigenvalue weighted by atomic mass is 32.2. The van der Waals surface area contributed by atoms with Crippen molar-refractivity contribution >= 4 is 17.5 Å². The van der Waals surface area contributed by atoms with Gasteiger partial charge in [0.2, 0.25) is 11.3 Å². The van der Waals surface area contributed by atoms with E-state index >= 15 is 0 Å². The van der Waals surface area contributed by atoms with E-state index in [1.54, 1.807) is 0 Å². The average molecular weight is 397 g/mol. The normalized spacial score (nSPS) is 15.5. The predicted molar refractivity (Wildman–Crippen MR) is 88.2 cm³/mol. The first-order valence-corrected chi connectivity index (χ1v) is 8.59. The molecule has 2 rings (SSSR count). The smallest absolute Gasteiger partial charge is 0.456 e. The summed E-state index contributed by atoms with van der Waals surface area (Å²) in [7, 11) is 1.28. The van der Waals surface area contributed by atoms with Gasteiger partial charge in [0.1, 0.15) is 5.71 Å². The largest absolute Gasteiger partial charge is 0.471 e. The molecule has 144 valence electrons. The van der Waals surface area contributed by atoms with E-state index in [0.29, 0.717) is 12.3 Å². The molecular weight excluding hydrogens is 381 g/mol. The van der Waals surface area contributed by atoms with Crippen LogP contribution >= 0.6 is 11.8 Å².